The number of para-hydroxylation sites is 3. The molecule has 6 atom stereocenters. The van der Waals surface area contributed by atoms with Gasteiger partial charge in [-0.25, -0.2) is 4.98 Å². The SMILES string of the molecule is CC1=C2N(C)C(=O)CC[C@]2(C)[C@@H]2CC[C@]3(C)C(C(=O)NCc4nc5ccccc5n4-c4ccccc4)CC[C@H]3[C@@H]2C1. The number of nitrogens with one attached hydrogen (secondary N) is 1. The summed E-state index contributed by atoms with van der Waals surface area (Å²) in [6, 6.07) is 18.5. The zero-order valence-electron chi connectivity index (χ0n) is 24.8. The molecular formula is C35H42N4O2. The Hall–Kier alpha value is -3.41. The number of hydrogen-bond acceptors (Lipinski definition) is 3. The second-order valence-corrected chi connectivity index (χ2v) is 13.7. The third-order valence-electron chi connectivity index (χ3n) is 11.7. The molecule has 0 bridgehead atoms. The molecule has 2 aromatic carbocycles. The highest BCUT2D eigenvalue weighted by molar-refractivity contribution is 5.81. The molecule has 0 spiro atoms. The Morgan fingerprint density at radius 2 is 1.76 bits per heavy atom. The number of hydrogen-bond donors (Lipinski definition) is 1. The Labute approximate surface area is 243 Å². The molecule has 3 fully saturated rings. The standard InChI is InChI=1S/C35H42N4O2/c1-22-20-24-25-14-15-27(34(25,2)18-16-26(24)35(3)19-17-31(40)38(4)32(22)35)33(41)36-21-30-37-28-12-8-9-13-29(28)39(30)23-10-6-5-7-11-23/h5-13,24-27H,14-21H2,1-4H3,(H,36,41)/t24-,25-,26+,27?,34-,35+/m0/s1. The molecule has 41 heavy (non-hydrogen) atoms. The van der Waals surface area contributed by atoms with Crippen LogP contribution in [0.25, 0.3) is 16.7 Å². The van der Waals surface area contributed by atoms with E-state index < -0.39 is 0 Å². The maximum atomic E-state index is 13.9. The Balaban J connectivity index is 1.13. The van der Waals surface area contributed by atoms with Gasteiger partial charge in [-0.05, 0) is 92.9 Å². The Bertz CT molecular complexity index is 1560. The van der Waals surface area contributed by atoms with Gasteiger partial charge >= 0.3 is 0 Å². The van der Waals surface area contributed by atoms with E-state index in [1.54, 1.807) is 0 Å². The summed E-state index contributed by atoms with van der Waals surface area (Å²) in [5, 5.41) is 3.34. The van der Waals surface area contributed by atoms with Crippen molar-refractivity contribution in [2.24, 2.45) is 34.5 Å². The first-order chi connectivity index (χ1) is 19.7. The summed E-state index contributed by atoms with van der Waals surface area (Å²) >= 11 is 0. The number of allylic oxidation sites excluding steroid dienone is 2. The van der Waals surface area contributed by atoms with E-state index in [9.17, 15) is 9.59 Å². The van der Waals surface area contributed by atoms with Gasteiger partial charge < -0.3 is 10.2 Å². The van der Waals surface area contributed by atoms with Crippen molar-refractivity contribution in [1.82, 2.24) is 19.8 Å². The van der Waals surface area contributed by atoms with Gasteiger partial charge in [0.05, 0.1) is 17.6 Å². The zero-order chi connectivity index (χ0) is 28.5. The molecule has 2 amide bonds. The number of fused-ring (bicyclic) bond motifs is 6. The van der Waals surface area contributed by atoms with Crippen LogP contribution in [0.4, 0.5) is 0 Å². The number of imidazole rings is 1. The lowest BCUT2D eigenvalue weighted by Gasteiger charge is -2.59. The van der Waals surface area contributed by atoms with Gasteiger partial charge in [-0.1, -0.05) is 49.8 Å². The number of carbonyl (C=O) groups is 2. The van der Waals surface area contributed by atoms with Crippen LogP contribution in [0.2, 0.25) is 0 Å². The molecule has 2 heterocycles. The van der Waals surface area contributed by atoms with Crippen molar-refractivity contribution < 1.29 is 9.59 Å². The van der Waals surface area contributed by atoms with Gasteiger partial charge in [0, 0.05) is 36.2 Å². The van der Waals surface area contributed by atoms with Gasteiger partial charge in [0.15, 0.2) is 0 Å². The normalized spacial score (nSPS) is 33.0. The quantitative estimate of drug-likeness (QED) is 0.396. The van der Waals surface area contributed by atoms with Gasteiger partial charge in [-0.2, -0.15) is 0 Å². The van der Waals surface area contributed by atoms with E-state index in [1.807, 2.05) is 48.3 Å². The summed E-state index contributed by atoms with van der Waals surface area (Å²) in [6.45, 7) is 7.49. The third-order valence-corrected chi connectivity index (χ3v) is 11.7. The second-order valence-electron chi connectivity index (χ2n) is 13.7. The van der Waals surface area contributed by atoms with Crippen LogP contribution in [0.3, 0.4) is 0 Å². The smallest absolute Gasteiger partial charge is 0.226 e. The summed E-state index contributed by atoms with van der Waals surface area (Å²) in [7, 11) is 1.98. The number of nitrogens with zero attached hydrogens (tertiary/aromatic N) is 3. The molecule has 6 heteroatoms. The van der Waals surface area contributed by atoms with Crippen molar-refractivity contribution in [2.75, 3.05) is 7.05 Å². The van der Waals surface area contributed by atoms with E-state index >= 15 is 0 Å². The largest absolute Gasteiger partial charge is 0.349 e. The first-order valence-electron chi connectivity index (χ1n) is 15.5. The number of carbonyl (C=O) groups excluding carboxylic acids is 2. The lowest BCUT2D eigenvalue weighted by molar-refractivity contribution is -0.138. The highest BCUT2D eigenvalue weighted by atomic mass is 16.2. The highest BCUT2D eigenvalue weighted by Gasteiger charge is 2.61. The van der Waals surface area contributed by atoms with Crippen molar-refractivity contribution in [3.05, 3.63) is 71.7 Å². The average Bonchev–Trinajstić information content (AvgIpc) is 3.52. The molecule has 7 rings (SSSR count). The molecule has 1 N–H and O–H groups in total. The van der Waals surface area contributed by atoms with Crippen molar-refractivity contribution in [3.8, 4) is 5.69 Å². The number of benzene rings is 2. The fourth-order valence-electron chi connectivity index (χ4n) is 9.89. The minimum Gasteiger partial charge on any atom is -0.349 e. The third kappa shape index (κ3) is 3.93. The number of amides is 2. The van der Waals surface area contributed by atoms with Crippen LogP contribution < -0.4 is 5.32 Å². The molecule has 1 saturated heterocycles. The van der Waals surface area contributed by atoms with Crippen molar-refractivity contribution in [3.63, 3.8) is 0 Å². The van der Waals surface area contributed by atoms with E-state index in [4.69, 9.17) is 4.98 Å². The topological polar surface area (TPSA) is 67.2 Å². The number of rotatable bonds is 4. The highest BCUT2D eigenvalue weighted by Crippen LogP contribution is 2.66. The fraction of sp³-hybridized carbons (Fsp3) is 0.514. The lowest BCUT2D eigenvalue weighted by Crippen LogP contribution is -2.55. The fourth-order valence-corrected chi connectivity index (χ4v) is 9.89. The van der Waals surface area contributed by atoms with Gasteiger partial charge in [0.1, 0.15) is 5.82 Å². The van der Waals surface area contributed by atoms with Crippen molar-refractivity contribution in [1.29, 1.82) is 0 Å². The molecule has 6 nitrogen and oxygen atoms in total. The molecule has 1 unspecified atom stereocenters. The minimum atomic E-state index is 0.00927. The summed E-state index contributed by atoms with van der Waals surface area (Å²) in [5.74, 6) is 3.04. The Kier molecular flexibility index (Phi) is 6.18. The Morgan fingerprint density at radius 3 is 2.56 bits per heavy atom. The van der Waals surface area contributed by atoms with Crippen LogP contribution in [-0.2, 0) is 16.1 Å². The maximum absolute atomic E-state index is 13.9. The van der Waals surface area contributed by atoms with Crippen molar-refractivity contribution in [2.45, 2.75) is 72.3 Å². The maximum Gasteiger partial charge on any atom is 0.226 e. The molecule has 0 radical (unpaired) electrons. The van der Waals surface area contributed by atoms with Crippen LogP contribution in [0.5, 0.6) is 0 Å². The van der Waals surface area contributed by atoms with Gasteiger partial charge in [-0.3, -0.25) is 14.2 Å². The van der Waals surface area contributed by atoms with Crippen LogP contribution in [-0.4, -0.2) is 33.3 Å². The van der Waals surface area contributed by atoms with E-state index in [1.165, 1.54) is 11.3 Å². The van der Waals surface area contributed by atoms with Crippen LogP contribution >= 0.6 is 0 Å². The van der Waals surface area contributed by atoms with Crippen LogP contribution in [0.15, 0.2) is 65.9 Å². The molecular weight excluding hydrogens is 508 g/mol. The molecule has 3 aromatic rings. The summed E-state index contributed by atoms with van der Waals surface area (Å²) in [4.78, 5) is 33.4. The molecule has 1 aliphatic heterocycles. The van der Waals surface area contributed by atoms with E-state index in [-0.39, 0.29) is 28.6 Å². The van der Waals surface area contributed by atoms with E-state index in [2.05, 4.69) is 48.9 Å². The molecule has 214 valence electrons. The van der Waals surface area contributed by atoms with E-state index in [0.29, 0.717) is 30.7 Å². The number of piperidine rings is 1. The molecule has 4 aliphatic rings. The van der Waals surface area contributed by atoms with Gasteiger partial charge in [0.2, 0.25) is 11.8 Å². The Morgan fingerprint density at radius 1 is 1.00 bits per heavy atom. The number of aromatic nitrogens is 2. The first kappa shape index (κ1) is 26.5. The lowest BCUT2D eigenvalue weighted by atomic mass is 9.48. The second kappa shape index (κ2) is 9.57. The predicted molar refractivity (Wildman–Crippen MR) is 161 cm³/mol. The van der Waals surface area contributed by atoms with Crippen LogP contribution in [0, 0.1) is 34.5 Å². The molecule has 1 aromatic heterocycles. The van der Waals surface area contributed by atoms with Crippen molar-refractivity contribution >= 4 is 22.8 Å². The molecule has 3 aliphatic carbocycles. The predicted octanol–water partition coefficient (Wildman–Crippen LogP) is 6.64. The first-order valence-corrected chi connectivity index (χ1v) is 15.5. The average molecular weight is 551 g/mol. The van der Waals surface area contributed by atoms with Crippen LogP contribution in [0.1, 0.15) is 71.5 Å². The monoisotopic (exact) mass is 550 g/mol. The zero-order valence-corrected chi connectivity index (χ0v) is 24.8. The minimum absolute atomic E-state index is 0.00927. The molecule has 2 saturated carbocycles. The summed E-state index contributed by atoms with van der Waals surface area (Å²) in [5.41, 5.74) is 5.81. The summed E-state index contributed by atoms with van der Waals surface area (Å²) < 4.78 is 2.17. The van der Waals surface area contributed by atoms with E-state index in [0.717, 1.165) is 61.1 Å². The van der Waals surface area contributed by atoms with Gasteiger partial charge in [-0.15, -0.1) is 0 Å². The number of likely N-dealkylation sites (tertiary alicyclic amines) is 1. The van der Waals surface area contributed by atoms with Gasteiger partial charge in [0.25, 0.3) is 0 Å². The summed E-state index contributed by atoms with van der Waals surface area (Å²) in [6.07, 6.45) is 6.96.